The van der Waals surface area contributed by atoms with Crippen LogP contribution in [0.2, 0.25) is 0 Å². The maximum absolute atomic E-state index is 11.2. The number of nitrogens with one attached hydrogen (secondary N) is 1. The molecule has 0 spiro atoms. The Bertz CT molecular complexity index is 1280. The topological polar surface area (TPSA) is 82.1 Å². The van der Waals surface area contributed by atoms with Gasteiger partial charge in [-0.2, -0.15) is 8.42 Å². The zero-order valence-corrected chi connectivity index (χ0v) is 17.4. The summed E-state index contributed by atoms with van der Waals surface area (Å²) in [5.41, 5.74) is 6.09. The van der Waals surface area contributed by atoms with Gasteiger partial charge < -0.3 is 9.13 Å². The molecule has 0 aliphatic carbocycles. The van der Waals surface area contributed by atoms with Crippen LogP contribution in [0, 0.1) is 0 Å². The highest BCUT2D eigenvalue weighted by molar-refractivity contribution is 7.90. The van der Waals surface area contributed by atoms with E-state index in [1.807, 2.05) is 29.9 Å². The summed E-state index contributed by atoms with van der Waals surface area (Å²) >= 11 is 0. The predicted octanol–water partition coefficient (Wildman–Crippen LogP) is 4.37. The fraction of sp³-hybridized carbons (Fsp3) is 0.182. The van der Waals surface area contributed by atoms with E-state index in [1.165, 1.54) is 16.5 Å². The Morgan fingerprint density at radius 1 is 0.966 bits per heavy atom. The lowest BCUT2D eigenvalue weighted by molar-refractivity contribution is 0.603. The molecular formula is C22H24N4O2S. The lowest BCUT2D eigenvalue weighted by atomic mass is 10.0. The summed E-state index contributed by atoms with van der Waals surface area (Å²) in [7, 11) is -1.78. The first kappa shape index (κ1) is 19.3. The lowest BCUT2D eigenvalue weighted by Gasteiger charge is -2.09. The van der Waals surface area contributed by atoms with Crippen LogP contribution in [0.15, 0.2) is 67.1 Å². The molecule has 0 atom stereocenters. The van der Waals surface area contributed by atoms with E-state index in [2.05, 4.69) is 59.8 Å². The molecule has 7 heteroatoms. The van der Waals surface area contributed by atoms with Crippen LogP contribution in [0.4, 0.5) is 5.69 Å². The summed E-state index contributed by atoms with van der Waals surface area (Å²) in [4.78, 5) is 0. The minimum atomic E-state index is -3.79. The van der Waals surface area contributed by atoms with Crippen LogP contribution in [0.25, 0.3) is 27.7 Å². The van der Waals surface area contributed by atoms with Gasteiger partial charge in [0.05, 0.1) is 5.52 Å². The van der Waals surface area contributed by atoms with Crippen molar-refractivity contribution in [2.24, 2.45) is 12.2 Å². The molecule has 2 aromatic heterocycles. The van der Waals surface area contributed by atoms with E-state index in [0.717, 1.165) is 16.8 Å². The number of nitrogens with two attached hydrogens (primary N) is 1. The fourth-order valence-electron chi connectivity index (χ4n) is 3.63. The second-order valence-electron chi connectivity index (χ2n) is 7.60. The predicted molar refractivity (Wildman–Crippen MR) is 119 cm³/mol. The molecule has 2 aromatic carbocycles. The highest BCUT2D eigenvalue weighted by Crippen LogP contribution is 2.33. The van der Waals surface area contributed by atoms with Crippen LogP contribution in [-0.2, 0) is 17.3 Å². The average Bonchev–Trinajstić information content (AvgIpc) is 3.24. The fourth-order valence-corrected chi connectivity index (χ4v) is 4.10. The zero-order chi connectivity index (χ0) is 20.8. The van der Waals surface area contributed by atoms with Crippen molar-refractivity contribution in [2.75, 3.05) is 4.72 Å². The van der Waals surface area contributed by atoms with E-state index in [4.69, 9.17) is 5.14 Å². The molecule has 0 saturated heterocycles. The monoisotopic (exact) mass is 408 g/mol. The standard InChI is InChI=1S/C22H24N4O2S/c1-15(2)21-14-26(19-7-5-18(6-8-19)24-29(23,27)28)22-12-16(4-9-20(21)22)17-10-11-25(3)13-17/h4-15,24H,1-3H3,(H2,23,27,28). The van der Waals surface area contributed by atoms with Crippen molar-refractivity contribution in [1.29, 1.82) is 0 Å². The molecule has 0 saturated carbocycles. The van der Waals surface area contributed by atoms with Crippen molar-refractivity contribution < 1.29 is 8.42 Å². The minimum Gasteiger partial charge on any atom is -0.357 e. The van der Waals surface area contributed by atoms with Gasteiger partial charge in [-0.15, -0.1) is 0 Å². The van der Waals surface area contributed by atoms with E-state index in [9.17, 15) is 8.42 Å². The molecule has 0 amide bonds. The molecule has 4 aromatic rings. The molecule has 2 heterocycles. The number of rotatable bonds is 5. The highest BCUT2D eigenvalue weighted by atomic mass is 32.2. The van der Waals surface area contributed by atoms with Crippen molar-refractivity contribution in [3.8, 4) is 16.8 Å². The first-order valence-electron chi connectivity index (χ1n) is 9.39. The largest absolute Gasteiger partial charge is 0.357 e. The molecule has 150 valence electrons. The number of anilines is 1. The Balaban J connectivity index is 1.84. The number of nitrogens with zero attached hydrogens (tertiary/aromatic N) is 2. The summed E-state index contributed by atoms with van der Waals surface area (Å²) in [6, 6.07) is 15.8. The van der Waals surface area contributed by atoms with E-state index in [1.54, 1.807) is 12.1 Å². The van der Waals surface area contributed by atoms with Gasteiger partial charge >= 0.3 is 0 Å². The maximum Gasteiger partial charge on any atom is 0.296 e. The molecule has 29 heavy (non-hydrogen) atoms. The molecule has 6 nitrogen and oxygen atoms in total. The van der Waals surface area contributed by atoms with Gasteiger partial charge in [-0.05, 0) is 59.0 Å². The Morgan fingerprint density at radius 3 is 2.28 bits per heavy atom. The summed E-state index contributed by atoms with van der Waals surface area (Å²) in [6.07, 6.45) is 6.30. The Morgan fingerprint density at radius 2 is 1.69 bits per heavy atom. The van der Waals surface area contributed by atoms with Crippen molar-refractivity contribution >= 4 is 26.8 Å². The molecule has 0 unspecified atom stereocenters. The minimum absolute atomic E-state index is 0.379. The van der Waals surface area contributed by atoms with Gasteiger partial charge in [0, 0.05) is 42.4 Å². The molecule has 0 radical (unpaired) electrons. The van der Waals surface area contributed by atoms with E-state index < -0.39 is 10.2 Å². The van der Waals surface area contributed by atoms with Crippen molar-refractivity contribution in [2.45, 2.75) is 19.8 Å². The van der Waals surface area contributed by atoms with Gasteiger partial charge in [-0.1, -0.05) is 26.0 Å². The quantitative estimate of drug-likeness (QED) is 0.514. The normalized spacial score (nSPS) is 12.0. The van der Waals surface area contributed by atoms with Crippen LogP contribution in [0.3, 0.4) is 0 Å². The second-order valence-corrected chi connectivity index (χ2v) is 8.89. The number of aromatic nitrogens is 2. The molecule has 4 rings (SSSR count). The maximum atomic E-state index is 11.2. The van der Waals surface area contributed by atoms with Gasteiger partial charge in [-0.3, -0.25) is 4.72 Å². The SMILES string of the molecule is CC(C)c1cn(-c2ccc(NS(N)(=O)=O)cc2)c2cc(-c3ccn(C)c3)ccc12. The third kappa shape index (κ3) is 3.92. The molecule has 3 N–H and O–H groups in total. The van der Waals surface area contributed by atoms with Gasteiger partial charge in [-0.25, -0.2) is 5.14 Å². The van der Waals surface area contributed by atoms with Gasteiger partial charge in [0.15, 0.2) is 0 Å². The average molecular weight is 409 g/mol. The molecule has 0 aliphatic rings. The van der Waals surface area contributed by atoms with Gasteiger partial charge in [0.25, 0.3) is 10.2 Å². The van der Waals surface area contributed by atoms with E-state index in [0.29, 0.717) is 11.6 Å². The van der Waals surface area contributed by atoms with Crippen LogP contribution in [0.5, 0.6) is 0 Å². The van der Waals surface area contributed by atoms with E-state index in [-0.39, 0.29) is 0 Å². The third-order valence-corrected chi connectivity index (χ3v) is 5.55. The van der Waals surface area contributed by atoms with Crippen LogP contribution in [0.1, 0.15) is 25.3 Å². The highest BCUT2D eigenvalue weighted by Gasteiger charge is 2.14. The van der Waals surface area contributed by atoms with Crippen LogP contribution in [-0.4, -0.2) is 17.6 Å². The molecule has 0 bridgehead atoms. The number of fused-ring (bicyclic) bond motifs is 1. The van der Waals surface area contributed by atoms with Crippen molar-refractivity contribution in [3.05, 3.63) is 72.7 Å². The number of hydrogen-bond donors (Lipinski definition) is 2. The smallest absolute Gasteiger partial charge is 0.296 e. The first-order chi connectivity index (χ1) is 13.7. The van der Waals surface area contributed by atoms with Crippen LogP contribution >= 0.6 is 0 Å². The Hall–Kier alpha value is -3.03. The van der Waals surface area contributed by atoms with Crippen molar-refractivity contribution in [3.63, 3.8) is 0 Å². The third-order valence-electron chi connectivity index (χ3n) is 5.03. The Labute approximate surface area is 170 Å². The van der Waals surface area contributed by atoms with Gasteiger partial charge in [0.1, 0.15) is 0 Å². The number of aryl methyl sites for hydroxylation is 1. The summed E-state index contributed by atoms with van der Waals surface area (Å²) < 4.78 is 29.0. The van der Waals surface area contributed by atoms with Gasteiger partial charge in [0.2, 0.25) is 0 Å². The summed E-state index contributed by atoms with van der Waals surface area (Å²) in [5, 5.41) is 6.27. The summed E-state index contributed by atoms with van der Waals surface area (Å²) in [6.45, 7) is 4.37. The van der Waals surface area contributed by atoms with E-state index >= 15 is 0 Å². The molecular weight excluding hydrogens is 384 g/mol. The number of hydrogen-bond acceptors (Lipinski definition) is 2. The first-order valence-corrected chi connectivity index (χ1v) is 10.9. The second kappa shape index (κ2) is 7.09. The number of benzene rings is 2. The molecule has 0 fully saturated rings. The zero-order valence-electron chi connectivity index (χ0n) is 16.6. The Kier molecular flexibility index (Phi) is 4.72. The molecule has 0 aliphatic heterocycles. The lowest BCUT2D eigenvalue weighted by Crippen LogP contribution is -2.21. The van der Waals surface area contributed by atoms with Crippen LogP contribution < -0.4 is 9.86 Å². The van der Waals surface area contributed by atoms with Crippen molar-refractivity contribution in [1.82, 2.24) is 9.13 Å². The summed E-state index contributed by atoms with van der Waals surface area (Å²) in [5.74, 6) is 0.379.